The lowest BCUT2D eigenvalue weighted by Gasteiger charge is -2.09. The molecule has 104 valence electrons. The average molecular weight is 383 g/mol. The summed E-state index contributed by atoms with van der Waals surface area (Å²) in [6.45, 7) is 2.54. The summed E-state index contributed by atoms with van der Waals surface area (Å²) >= 11 is 2.06. The largest absolute Gasteiger partial charge is 0.374 e. The summed E-state index contributed by atoms with van der Waals surface area (Å²) in [6.07, 6.45) is 2.62. The Morgan fingerprint density at radius 2 is 2.20 bits per heavy atom. The Labute approximate surface area is 130 Å². The predicted octanol–water partition coefficient (Wildman–Crippen LogP) is 3.77. The standard InChI is InChI=1S/C14H14IN3O2/c1-2-10-4-3-7-16-13(10)9-17-12-6-5-11(15)8-14(12)18(19)20/h3-8,17H,2,9H2,1H3. The first-order chi connectivity index (χ1) is 9.61. The van der Waals surface area contributed by atoms with E-state index in [1.165, 1.54) is 0 Å². The number of aromatic nitrogens is 1. The molecule has 2 rings (SSSR count). The molecular weight excluding hydrogens is 369 g/mol. The molecule has 0 fully saturated rings. The summed E-state index contributed by atoms with van der Waals surface area (Å²) in [6, 6.07) is 9.05. The van der Waals surface area contributed by atoms with Gasteiger partial charge in [0.05, 0.1) is 17.2 Å². The minimum absolute atomic E-state index is 0.0888. The van der Waals surface area contributed by atoms with E-state index < -0.39 is 0 Å². The Morgan fingerprint density at radius 1 is 1.40 bits per heavy atom. The molecule has 0 spiro atoms. The number of nitro benzene ring substituents is 1. The van der Waals surface area contributed by atoms with Crippen LogP contribution in [0.3, 0.4) is 0 Å². The van der Waals surface area contributed by atoms with Crippen molar-refractivity contribution in [2.45, 2.75) is 19.9 Å². The molecule has 5 nitrogen and oxygen atoms in total. The maximum atomic E-state index is 11.1. The first-order valence-corrected chi connectivity index (χ1v) is 7.30. The van der Waals surface area contributed by atoms with E-state index >= 15 is 0 Å². The molecule has 20 heavy (non-hydrogen) atoms. The summed E-state index contributed by atoms with van der Waals surface area (Å²) < 4.78 is 0.840. The van der Waals surface area contributed by atoms with E-state index in [1.807, 2.05) is 18.2 Å². The van der Waals surface area contributed by atoms with Crippen LogP contribution in [0.4, 0.5) is 11.4 Å². The zero-order chi connectivity index (χ0) is 14.5. The quantitative estimate of drug-likeness (QED) is 0.485. The lowest BCUT2D eigenvalue weighted by atomic mass is 10.1. The van der Waals surface area contributed by atoms with Crippen molar-refractivity contribution in [1.82, 2.24) is 4.98 Å². The Morgan fingerprint density at radius 3 is 2.90 bits per heavy atom. The SMILES string of the molecule is CCc1cccnc1CNc1ccc(I)cc1[N+](=O)[O-]. The molecule has 6 heteroatoms. The second-order valence-corrected chi connectivity index (χ2v) is 5.48. The number of aryl methyl sites for hydroxylation is 1. The van der Waals surface area contributed by atoms with E-state index in [-0.39, 0.29) is 10.6 Å². The fourth-order valence-electron chi connectivity index (χ4n) is 1.94. The van der Waals surface area contributed by atoms with Gasteiger partial charge in [0, 0.05) is 15.8 Å². The third-order valence-corrected chi connectivity index (χ3v) is 3.64. The van der Waals surface area contributed by atoms with E-state index in [4.69, 9.17) is 0 Å². The number of halogens is 1. The van der Waals surface area contributed by atoms with Crippen LogP contribution in [0.1, 0.15) is 18.2 Å². The molecule has 0 aliphatic heterocycles. The number of benzene rings is 1. The topological polar surface area (TPSA) is 68.1 Å². The Balaban J connectivity index is 2.21. The van der Waals surface area contributed by atoms with Crippen LogP contribution in [0.2, 0.25) is 0 Å². The monoisotopic (exact) mass is 383 g/mol. The molecule has 0 saturated heterocycles. The van der Waals surface area contributed by atoms with Crippen LogP contribution >= 0.6 is 22.6 Å². The Bertz CT molecular complexity index is 632. The number of nitrogens with one attached hydrogen (secondary N) is 1. The molecule has 0 atom stereocenters. The predicted molar refractivity (Wildman–Crippen MR) is 86.8 cm³/mol. The van der Waals surface area contributed by atoms with Gasteiger partial charge in [0.1, 0.15) is 5.69 Å². The van der Waals surface area contributed by atoms with Crippen LogP contribution in [0.15, 0.2) is 36.5 Å². The van der Waals surface area contributed by atoms with Gasteiger partial charge in [-0.05, 0) is 52.8 Å². The summed E-state index contributed by atoms with van der Waals surface area (Å²) in [7, 11) is 0. The van der Waals surface area contributed by atoms with Gasteiger partial charge in [-0.15, -0.1) is 0 Å². The molecule has 0 unspecified atom stereocenters. The molecule has 0 saturated carbocycles. The van der Waals surface area contributed by atoms with Gasteiger partial charge in [-0.3, -0.25) is 15.1 Å². The summed E-state index contributed by atoms with van der Waals surface area (Å²) in [4.78, 5) is 15.0. The normalized spacial score (nSPS) is 10.3. The van der Waals surface area contributed by atoms with Gasteiger partial charge in [-0.1, -0.05) is 13.0 Å². The highest BCUT2D eigenvalue weighted by molar-refractivity contribution is 14.1. The number of rotatable bonds is 5. The summed E-state index contributed by atoms with van der Waals surface area (Å²) in [5.74, 6) is 0. The third kappa shape index (κ3) is 3.44. The summed E-state index contributed by atoms with van der Waals surface area (Å²) in [5, 5.41) is 14.2. The number of anilines is 1. The van der Waals surface area contributed by atoms with Crippen molar-refractivity contribution >= 4 is 34.0 Å². The Kier molecular flexibility index (Phi) is 4.89. The van der Waals surface area contributed by atoms with E-state index in [2.05, 4.69) is 39.8 Å². The van der Waals surface area contributed by atoms with Gasteiger partial charge in [0.2, 0.25) is 0 Å². The smallest absolute Gasteiger partial charge is 0.293 e. The van der Waals surface area contributed by atoms with Crippen LogP contribution in [0.5, 0.6) is 0 Å². The minimum atomic E-state index is -0.371. The molecule has 0 bridgehead atoms. The van der Waals surface area contributed by atoms with Gasteiger partial charge in [0.25, 0.3) is 5.69 Å². The molecule has 1 aromatic carbocycles. The Hall–Kier alpha value is -1.70. The van der Waals surface area contributed by atoms with Gasteiger partial charge in [-0.25, -0.2) is 0 Å². The highest BCUT2D eigenvalue weighted by atomic mass is 127. The maximum Gasteiger partial charge on any atom is 0.293 e. The van der Waals surface area contributed by atoms with E-state index in [1.54, 1.807) is 18.3 Å². The molecule has 0 radical (unpaired) electrons. The molecule has 0 aliphatic rings. The van der Waals surface area contributed by atoms with Crippen LogP contribution in [0, 0.1) is 13.7 Å². The molecular formula is C14H14IN3O2. The van der Waals surface area contributed by atoms with E-state index in [0.29, 0.717) is 12.2 Å². The van der Waals surface area contributed by atoms with Crippen molar-refractivity contribution in [3.63, 3.8) is 0 Å². The first kappa shape index (κ1) is 14.7. The number of nitrogens with zero attached hydrogens (tertiary/aromatic N) is 2. The lowest BCUT2D eigenvalue weighted by molar-refractivity contribution is -0.384. The van der Waals surface area contributed by atoms with E-state index in [9.17, 15) is 10.1 Å². The molecule has 0 aliphatic carbocycles. The molecule has 0 amide bonds. The average Bonchev–Trinajstić information content (AvgIpc) is 2.46. The molecule has 1 N–H and O–H groups in total. The zero-order valence-corrected chi connectivity index (χ0v) is 13.1. The van der Waals surface area contributed by atoms with Crippen molar-refractivity contribution in [2.75, 3.05) is 5.32 Å². The van der Waals surface area contributed by atoms with Gasteiger partial charge in [-0.2, -0.15) is 0 Å². The molecule has 2 aromatic rings. The van der Waals surface area contributed by atoms with Crippen molar-refractivity contribution < 1.29 is 4.92 Å². The van der Waals surface area contributed by atoms with Gasteiger partial charge < -0.3 is 5.32 Å². The van der Waals surface area contributed by atoms with Crippen LogP contribution in [-0.2, 0) is 13.0 Å². The van der Waals surface area contributed by atoms with Gasteiger partial charge >= 0.3 is 0 Å². The molecule has 1 aromatic heterocycles. The first-order valence-electron chi connectivity index (χ1n) is 6.22. The molecule has 1 heterocycles. The van der Waals surface area contributed by atoms with E-state index in [0.717, 1.165) is 21.2 Å². The van der Waals surface area contributed by atoms with Crippen molar-refractivity contribution in [3.8, 4) is 0 Å². The number of pyridine rings is 1. The highest BCUT2D eigenvalue weighted by Crippen LogP contribution is 2.26. The second-order valence-electron chi connectivity index (χ2n) is 4.23. The second kappa shape index (κ2) is 6.65. The van der Waals surface area contributed by atoms with Gasteiger partial charge in [0.15, 0.2) is 0 Å². The maximum absolute atomic E-state index is 11.1. The zero-order valence-electron chi connectivity index (χ0n) is 11.0. The van der Waals surface area contributed by atoms with Crippen molar-refractivity contribution in [1.29, 1.82) is 0 Å². The van der Waals surface area contributed by atoms with Crippen LogP contribution < -0.4 is 5.32 Å². The number of hydrogen-bond acceptors (Lipinski definition) is 4. The van der Waals surface area contributed by atoms with Crippen LogP contribution in [0.25, 0.3) is 0 Å². The number of nitro groups is 1. The lowest BCUT2D eigenvalue weighted by Crippen LogP contribution is -2.06. The summed E-state index contributed by atoms with van der Waals surface area (Å²) in [5.41, 5.74) is 2.67. The van der Waals surface area contributed by atoms with Crippen molar-refractivity contribution in [2.24, 2.45) is 0 Å². The fraction of sp³-hybridized carbons (Fsp3) is 0.214. The van der Waals surface area contributed by atoms with Crippen LogP contribution in [-0.4, -0.2) is 9.91 Å². The fourth-order valence-corrected chi connectivity index (χ4v) is 2.41. The highest BCUT2D eigenvalue weighted by Gasteiger charge is 2.14. The van der Waals surface area contributed by atoms with Crippen molar-refractivity contribution in [3.05, 3.63) is 61.5 Å². The minimum Gasteiger partial charge on any atom is -0.374 e. The third-order valence-electron chi connectivity index (χ3n) is 2.97. The number of hydrogen-bond donors (Lipinski definition) is 1.